The predicted octanol–water partition coefficient (Wildman–Crippen LogP) is 3.15. The smallest absolute Gasteiger partial charge is 0.325 e. The second kappa shape index (κ2) is 6.59. The van der Waals surface area contributed by atoms with Gasteiger partial charge in [-0.3, -0.25) is 9.69 Å². The van der Waals surface area contributed by atoms with Crippen molar-refractivity contribution in [2.24, 2.45) is 0 Å². The van der Waals surface area contributed by atoms with Crippen LogP contribution in [0.5, 0.6) is 5.75 Å². The van der Waals surface area contributed by atoms with E-state index in [9.17, 15) is 9.59 Å². The Hall–Kier alpha value is -2.82. The number of nitrogens with zero attached hydrogens (tertiary/aromatic N) is 1. The highest BCUT2D eigenvalue weighted by Crippen LogP contribution is 2.28. The number of ether oxygens (including phenoxy) is 1. The Balaban J connectivity index is 1.67. The molecule has 3 rings (SSSR count). The quantitative estimate of drug-likeness (QED) is 0.852. The van der Waals surface area contributed by atoms with E-state index in [1.54, 1.807) is 6.92 Å². The molecule has 1 aliphatic heterocycles. The zero-order valence-electron chi connectivity index (χ0n) is 14.7. The first-order chi connectivity index (χ1) is 11.9. The Morgan fingerprint density at radius 2 is 1.68 bits per heavy atom. The number of carbonyl (C=O) groups excluding carboxylic acids is 2. The summed E-state index contributed by atoms with van der Waals surface area (Å²) in [5, 5.41) is 2.80. The number of hydrogen-bond acceptors (Lipinski definition) is 3. The Labute approximate surface area is 147 Å². The van der Waals surface area contributed by atoms with Gasteiger partial charge < -0.3 is 10.1 Å². The minimum absolute atomic E-state index is 0.208. The van der Waals surface area contributed by atoms with Crippen LogP contribution in [-0.4, -0.2) is 30.0 Å². The summed E-state index contributed by atoms with van der Waals surface area (Å²) in [6.07, 6.45) is 0. The van der Waals surface area contributed by atoms with E-state index in [2.05, 4.69) is 11.4 Å². The van der Waals surface area contributed by atoms with Gasteiger partial charge in [-0.05, 0) is 49.6 Å². The summed E-state index contributed by atoms with van der Waals surface area (Å²) < 4.78 is 5.73. The maximum absolute atomic E-state index is 12.8. The van der Waals surface area contributed by atoms with Crippen molar-refractivity contribution < 1.29 is 14.3 Å². The lowest BCUT2D eigenvalue weighted by Gasteiger charge is -2.22. The lowest BCUT2D eigenvalue weighted by Crippen LogP contribution is -2.41. The Bertz CT molecular complexity index is 784. The summed E-state index contributed by atoms with van der Waals surface area (Å²) in [4.78, 5) is 26.3. The summed E-state index contributed by atoms with van der Waals surface area (Å²) in [5.74, 6) is 0.489. The second-order valence-corrected chi connectivity index (χ2v) is 6.55. The SMILES string of the molecule is Cc1cc(C)cc(OCCN2C(=O)NC(C)(c3ccccc3)C2=O)c1. The fraction of sp³-hybridized carbons (Fsp3) is 0.300. The predicted molar refractivity (Wildman–Crippen MR) is 95.4 cm³/mol. The van der Waals surface area contributed by atoms with E-state index in [1.165, 1.54) is 4.90 Å². The average molecular weight is 338 g/mol. The van der Waals surface area contributed by atoms with E-state index < -0.39 is 5.54 Å². The third-order valence-corrected chi connectivity index (χ3v) is 4.40. The molecule has 1 atom stereocenters. The van der Waals surface area contributed by atoms with Gasteiger partial charge in [0.2, 0.25) is 0 Å². The highest BCUT2D eigenvalue weighted by molar-refractivity contribution is 6.07. The van der Waals surface area contributed by atoms with Crippen molar-refractivity contribution in [2.75, 3.05) is 13.2 Å². The molecule has 2 aromatic carbocycles. The molecule has 130 valence electrons. The van der Waals surface area contributed by atoms with Crippen LogP contribution in [0.1, 0.15) is 23.6 Å². The van der Waals surface area contributed by atoms with E-state index >= 15 is 0 Å². The summed E-state index contributed by atoms with van der Waals surface area (Å²) >= 11 is 0. The van der Waals surface area contributed by atoms with E-state index in [-0.39, 0.29) is 25.1 Å². The molecular formula is C20H22N2O3. The van der Waals surface area contributed by atoms with Gasteiger partial charge in [0.1, 0.15) is 17.9 Å². The summed E-state index contributed by atoms with van der Waals surface area (Å²) in [5.41, 5.74) is 1.97. The molecule has 1 fully saturated rings. The standard InChI is InChI=1S/C20H22N2O3/c1-14-11-15(2)13-17(12-14)25-10-9-22-18(23)20(3,21-19(22)24)16-7-5-4-6-8-16/h4-8,11-13H,9-10H2,1-3H3,(H,21,24). The van der Waals surface area contributed by atoms with Crippen molar-refractivity contribution in [1.29, 1.82) is 0 Å². The van der Waals surface area contributed by atoms with Crippen LogP contribution >= 0.6 is 0 Å². The maximum Gasteiger partial charge on any atom is 0.325 e. The van der Waals surface area contributed by atoms with Gasteiger partial charge in [-0.25, -0.2) is 4.79 Å². The normalized spacial score (nSPS) is 19.9. The first-order valence-corrected chi connectivity index (χ1v) is 8.31. The van der Waals surface area contributed by atoms with Gasteiger partial charge >= 0.3 is 6.03 Å². The van der Waals surface area contributed by atoms with Gasteiger partial charge in [0, 0.05) is 0 Å². The molecule has 0 radical (unpaired) electrons. The minimum Gasteiger partial charge on any atom is -0.492 e. The zero-order valence-corrected chi connectivity index (χ0v) is 14.7. The highest BCUT2D eigenvalue weighted by atomic mass is 16.5. The topological polar surface area (TPSA) is 58.6 Å². The molecule has 1 unspecified atom stereocenters. The van der Waals surface area contributed by atoms with Gasteiger partial charge in [0.05, 0.1) is 6.54 Å². The van der Waals surface area contributed by atoms with Crippen LogP contribution in [0.4, 0.5) is 4.79 Å². The van der Waals surface area contributed by atoms with Crippen LogP contribution in [0, 0.1) is 13.8 Å². The molecule has 3 amide bonds. The number of hydrogen-bond donors (Lipinski definition) is 1. The monoisotopic (exact) mass is 338 g/mol. The van der Waals surface area contributed by atoms with Crippen LogP contribution in [0.15, 0.2) is 48.5 Å². The van der Waals surface area contributed by atoms with E-state index in [1.807, 2.05) is 56.3 Å². The number of urea groups is 1. The fourth-order valence-electron chi connectivity index (χ4n) is 3.14. The number of imide groups is 1. The van der Waals surface area contributed by atoms with Crippen molar-refractivity contribution in [3.8, 4) is 5.75 Å². The number of amides is 3. The first-order valence-electron chi connectivity index (χ1n) is 8.31. The van der Waals surface area contributed by atoms with Crippen LogP contribution in [0.25, 0.3) is 0 Å². The maximum atomic E-state index is 12.8. The molecule has 0 saturated carbocycles. The third kappa shape index (κ3) is 3.36. The molecule has 25 heavy (non-hydrogen) atoms. The molecule has 1 aliphatic rings. The molecule has 0 bridgehead atoms. The van der Waals surface area contributed by atoms with Crippen molar-refractivity contribution in [3.63, 3.8) is 0 Å². The van der Waals surface area contributed by atoms with Gasteiger partial charge in [0.25, 0.3) is 5.91 Å². The summed E-state index contributed by atoms with van der Waals surface area (Å²) in [6, 6.07) is 14.8. The lowest BCUT2D eigenvalue weighted by atomic mass is 9.92. The van der Waals surface area contributed by atoms with Crippen LogP contribution < -0.4 is 10.1 Å². The molecule has 5 heteroatoms. The Morgan fingerprint density at radius 1 is 1.04 bits per heavy atom. The van der Waals surface area contributed by atoms with Crippen molar-refractivity contribution in [1.82, 2.24) is 10.2 Å². The second-order valence-electron chi connectivity index (χ2n) is 6.55. The van der Waals surface area contributed by atoms with E-state index in [0.29, 0.717) is 0 Å². The molecule has 5 nitrogen and oxygen atoms in total. The van der Waals surface area contributed by atoms with Crippen molar-refractivity contribution in [2.45, 2.75) is 26.3 Å². The van der Waals surface area contributed by atoms with Gasteiger partial charge in [-0.2, -0.15) is 0 Å². The highest BCUT2D eigenvalue weighted by Gasteiger charge is 2.48. The van der Waals surface area contributed by atoms with Crippen LogP contribution in [0.3, 0.4) is 0 Å². The number of aryl methyl sites for hydroxylation is 2. The molecule has 0 aliphatic carbocycles. The lowest BCUT2D eigenvalue weighted by molar-refractivity contribution is -0.131. The number of benzene rings is 2. The average Bonchev–Trinajstić information content (AvgIpc) is 2.79. The van der Waals surface area contributed by atoms with E-state index in [0.717, 1.165) is 22.4 Å². The molecule has 2 aromatic rings. The first kappa shape index (κ1) is 17.0. The Morgan fingerprint density at radius 3 is 2.32 bits per heavy atom. The van der Waals surface area contributed by atoms with Crippen LogP contribution in [0.2, 0.25) is 0 Å². The third-order valence-electron chi connectivity index (χ3n) is 4.40. The van der Waals surface area contributed by atoms with E-state index in [4.69, 9.17) is 4.74 Å². The van der Waals surface area contributed by atoms with Gasteiger partial charge in [-0.15, -0.1) is 0 Å². The minimum atomic E-state index is -1.03. The number of rotatable bonds is 5. The largest absolute Gasteiger partial charge is 0.492 e. The van der Waals surface area contributed by atoms with Gasteiger partial charge in [0.15, 0.2) is 0 Å². The molecule has 1 saturated heterocycles. The molecule has 0 spiro atoms. The summed E-state index contributed by atoms with van der Waals surface area (Å²) in [6.45, 7) is 6.20. The summed E-state index contributed by atoms with van der Waals surface area (Å²) in [7, 11) is 0. The van der Waals surface area contributed by atoms with Gasteiger partial charge in [-0.1, -0.05) is 36.4 Å². The molecular weight excluding hydrogens is 316 g/mol. The zero-order chi connectivity index (χ0) is 18.0. The molecule has 0 aromatic heterocycles. The fourth-order valence-corrected chi connectivity index (χ4v) is 3.14. The molecule has 1 heterocycles. The van der Waals surface area contributed by atoms with Crippen molar-refractivity contribution >= 4 is 11.9 Å². The van der Waals surface area contributed by atoms with Crippen molar-refractivity contribution in [3.05, 3.63) is 65.2 Å². The molecule has 1 N–H and O–H groups in total. The Kier molecular flexibility index (Phi) is 4.49. The number of nitrogens with one attached hydrogen (secondary N) is 1. The number of carbonyl (C=O) groups is 2. The van der Waals surface area contributed by atoms with Crippen LogP contribution in [-0.2, 0) is 10.3 Å².